The molecule has 2 heteroatoms. The maximum absolute atomic E-state index is 8.58. The molecule has 0 radical (unpaired) electrons. The molecule has 0 aromatic carbocycles. The van der Waals surface area contributed by atoms with Crippen molar-refractivity contribution in [1.82, 2.24) is 0 Å². The summed E-state index contributed by atoms with van der Waals surface area (Å²) in [4.78, 5) is 0. The van der Waals surface area contributed by atoms with E-state index >= 15 is 0 Å². The van der Waals surface area contributed by atoms with Crippen molar-refractivity contribution in [2.75, 3.05) is 6.61 Å². The summed E-state index contributed by atoms with van der Waals surface area (Å²) in [5.41, 5.74) is 0. The number of fused-ring (bicyclic) bond motifs is 1. The fraction of sp³-hybridized carbons (Fsp3) is 1.00. The van der Waals surface area contributed by atoms with Gasteiger partial charge in [0.1, 0.15) is 0 Å². The van der Waals surface area contributed by atoms with Gasteiger partial charge in [0.25, 0.3) is 0 Å². The Labute approximate surface area is 48.5 Å². The Morgan fingerprint density at radius 1 is 1.50 bits per heavy atom. The molecule has 1 heterocycles. The monoisotopic (exact) mass is 114 g/mol. The van der Waals surface area contributed by atoms with Crippen LogP contribution >= 0.6 is 0 Å². The van der Waals surface area contributed by atoms with Crippen LogP contribution in [0.25, 0.3) is 0 Å². The topological polar surface area (TPSA) is 29.5 Å². The van der Waals surface area contributed by atoms with E-state index in [0.717, 1.165) is 12.3 Å². The third-order valence-corrected chi connectivity index (χ3v) is 1.99. The predicted octanol–water partition coefficient (Wildman–Crippen LogP) is 0.156. The van der Waals surface area contributed by atoms with Gasteiger partial charge in [-0.25, -0.2) is 0 Å². The van der Waals surface area contributed by atoms with Gasteiger partial charge < -0.3 is 9.84 Å². The van der Waals surface area contributed by atoms with Crippen LogP contribution in [-0.2, 0) is 4.74 Å². The highest BCUT2D eigenvalue weighted by atomic mass is 16.5. The summed E-state index contributed by atoms with van der Waals surface area (Å²) >= 11 is 0. The lowest BCUT2D eigenvalue weighted by Crippen LogP contribution is -2.12. The number of rotatable bonds is 1. The average Bonchev–Trinajstić information content (AvgIpc) is 2.40. The van der Waals surface area contributed by atoms with Crippen LogP contribution in [-0.4, -0.2) is 23.9 Å². The quantitative estimate of drug-likeness (QED) is 0.526. The largest absolute Gasteiger partial charge is 0.394 e. The van der Waals surface area contributed by atoms with Crippen molar-refractivity contribution in [3.63, 3.8) is 0 Å². The van der Waals surface area contributed by atoms with Gasteiger partial charge in [0.2, 0.25) is 0 Å². The molecule has 2 nitrogen and oxygen atoms in total. The molecule has 1 N–H and O–H groups in total. The first-order valence-electron chi connectivity index (χ1n) is 3.16. The zero-order valence-electron chi connectivity index (χ0n) is 4.71. The summed E-state index contributed by atoms with van der Waals surface area (Å²) in [6, 6.07) is 0. The summed E-state index contributed by atoms with van der Waals surface area (Å²) < 4.78 is 5.33. The fourth-order valence-corrected chi connectivity index (χ4v) is 1.39. The van der Waals surface area contributed by atoms with Crippen molar-refractivity contribution in [3.05, 3.63) is 0 Å². The van der Waals surface area contributed by atoms with Gasteiger partial charge in [-0.2, -0.15) is 0 Å². The minimum atomic E-state index is 0.179. The third-order valence-electron chi connectivity index (χ3n) is 1.99. The minimum absolute atomic E-state index is 0.179. The van der Waals surface area contributed by atoms with E-state index in [0.29, 0.717) is 6.10 Å². The van der Waals surface area contributed by atoms with Gasteiger partial charge in [-0.3, -0.25) is 0 Å². The van der Waals surface area contributed by atoms with Crippen LogP contribution in [0, 0.1) is 5.92 Å². The zero-order valence-corrected chi connectivity index (χ0v) is 4.71. The first kappa shape index (κ1) is 4.77. The molecule has 1 aliphatic carbocycles. The summed E-state index contributed by atoms with van der Waals surface area (Å²) in [7, 11) is 0. The molecule has 0 unspecified atom stereocenters. The van der Waals surface area contributed by atoms with E-state index in [-0.39, 0.29) is 12.7 Å². The molecule has 1 aliphatic heterocycles. The second kappa shape index (κ2) is 1.45. The van der Waals surface area contributed by atoms with E-state index in [1.54, 1.807) is 0 Å². The van der Waals surface area contributed by atoms with Crippen molar-refractivity contribution in [1.29, 1.82) is 0 Å². The predicted molar refractivity (Wildman–Crippen MR) is 28.5 cm³/mol. The van der Waals surface area contributed by atoms with Gasteiger partial charge in [0, 0.05) is 0 Å². The maximum atomic E-state index is 8.58. The van der Waals surface area contributed by atoms with Crippen LogP contribution in [0.3, 0.4) is 0 Å². The zero-order chi connectivity index (χ0) is 5.56. The molecule has 2 fully saturated rings. The fourth-order valence-electron chi connectivity index (χ4n) is 1.39. The van der Waals surface area contributed by atoms with Crippen molar-refractivity contribution in [3.8, 4) is 0 Å². The molecule has 2 rings (SSSR count). The highest BCUT2D eigenvalue weighted by Crippen LogP contribution is 2.45. The van der Waals surface area contributed by atoms with Crippen LogP contribution in [0.5, 0.6) is 0 Å². The van der Waals surface area contributed by atoms with Gasteiger partial charge in [0.15, 0.2) is 0 Å². The lowest BCUT2D eigenvalue weighted by atomic mass is 10.2. The standard InChI is InChI=1S/C6H10O2/c7-3-5-1-4-2-6(4)8-5/h4-7H,1-3H2/t4-,5+,6+/m1/s1. The summed E-state index contributed by atoms with van der Waals surface area (Å²) in [5, 5.41) is 8.58. The van der Waals surface area contributed by atoms with Crippen LogP contribution < -0.4 is 0 Å². The molecule has 46 valence electrons. The summed E-state index contributed by atoms with van der Waals surface area (Å²) in [5.74, 6) is 0.812. The lowest BCUT2D eigenvalue weighted by molar-refractivity contribution is 0.0305. The molecule has 0 aromatic rings. The molecule has 0 aromatic heterocycles. The molecule has 1 saturated heterocycles. The van der Waals surface area contributed by atoms with E-state index in [4.69, 9.17) is 9.84 Å². The Morgan fingerprint density at radius 2 is 2.38 bits per heavy atom. The van der Waals surface area contributed by atoms with E-state index in [1.165, 1.54) is 6.42 Å². The number of hydrogen-bond acceptors (Lipinski definition) is 2. The number of aliphatic hydroxyl groups excluding tert-OH is 1. The van der Waals surface area contributed by atoms with Crippen molar-refractivity contribution >= 4 is 0 Å². The molecule has 8 heavy (non-hydrogen) atoms. The number of hydrogen-bond donors (Lipinski definition) is 1. The number of aliphatic hydroxyl groups is 1. The smallest absolute Gasteiger partial charge is 0.0813 e. The van der Waals surface area contributed by atoms with E-state index in [2.05, 4.69) is 0 Å². The highest BCUT2D eigenvalue weighted by molar-refractivity contribution is 4.95. The Morgan fingerprint density at radius 3 is 2.75 bits per heavy atom. The van der Waals surface area contributed by atoms with Crippen molar-refractivity contribution in [2.45, 2.75) is 25.0 Å². The Kier molecular flexibility index (Phi) is 0.866. The van der Waals surface area contributed by atoms with Crippen LogP contribution in [0.2, 0.25) is 0 Å². The van der Waals surface area contributed by atoms with Crippen LogP contribution in [0.4, 0.5) is 0 Å². The van der Waals surface area contributed by atoms with Gasteiger partial charge in [-0.1, -0.05) is 0 Å². The van der Waals surface area contributed by atoms with Crippen molar-refractivity contribution in [2.24, 2.45) is 5.92 Å². The van der Waals surface area contributed by atoms with Crippen LogP contribution in [0.1, 0.15) is 12.8 Å². The molecule has 1 saturated carbocycles. The highest BCUT2D eigenvalue weighted by Gasteiger charge is 2.46. The van der Waals surface area contributed by atoms with Gasteiger partial charge in [-0.15, -0.1) is 0 Å². The second-order valence-electron chi connectivity index (χ2n) is 2.71. The Bertz CT molecular complexity index is 92.7. The average molecular weight is 114 g/mol. The normalized spacial score (nSPS) is 51.4. The Hall–Kier alpha value is -0.0800. The summed E-state index contributed by atoms with van der Waals surface area (Å²) in [6.07, 6.45) is 3.06. The van der Waals surface area contributed by atoms with Gasteiger partial charge in [-0.05, 0) is 18.8 Å². The first-order valence-corrected chi connectivity index (χ1v) is 3.16. The molecular weight excluding hydrogens is 104 g/mol. The molecule has 0 spiro atoms. The molecular formula is C6H10O2. The third kappa shape index (κ3) is 0.565. The molecule has 2 aliphatic rings. The number of ether oxygens (including phenoxy) is 1. The van der Waals surface area contributed by atoms with Crippen molar-refractivity contribution < 1.29 is 9.84 Å². The van der Waals surface area contributed by atoms with Gasteiger partial charge >= 0.3 is 0 Å². The SMILES string of the molecule is OC[C@@H]1C[C@@H]2C[C@@H]2O1. The molecule has 0 bridgehead atoms. The van der Waals surface area contributed by atoms with Crippen LogP contribution in [0.15, 0.2) is 0 Å². The molecule has 3 atom stereocenters. The maximum Gasteiger partial charge on any atom is 0.0813 e. The van der Waals surface area contributed by atoms with Gasteiger partial charge in [0.05, 0.1) is 18.8 Å². The first-order chi connectivity index (χ1) is 3.90. The minimum Gasteiger partial charge on any atom is -0.394 e. The molecule has 0 amide bonds. The lowest BCUT2D eigenvalue weighted by Gasteiger charge is -2.05. The van der Waals surface area contributed by atoms with E-state index in [1.807, 2.05) is 0 Å². The second-order valence-corrected chi connectivity index (χ2v) is 2.71. The van der Waals surface area contributed by atoms with E-state index in [9.17, 15) is 0 Å². The van der Waals surface area contributed by atoms with E-state index < -0.39 is 0 Å². The summed E-state index contributed by atoms with van der Waals surface area (Å²) in [6.45, 7) is 0.215. The Balaban J connectivity index is 1.89.